The standard InChI is InChI=1S/C21H30N2O5/c1-14-7-10-22(11-8-14)21(25)16-6-5-9-23(16)20(24)15-12-17(26-2)19(28-4)18(13-15)27-3/h12-14,16H,5-11H2,1-4H3/t16-/m0/s1. The van der Waals surface area contributed by atoms with Crippen molar-refractivity contribution in [3.8, 4) is 17.2 Å². The fourth-order valence-electron chi connectivity index (χ4n) is 4.08. The molecule has 2 aliphatic heterocycles. The summed E-state index contributed by atoms with van der Waals surface area (Å²) in [7, 11) is 4.56. The summed E-state index contributed by atoms with van der Waals surface area (Å²) in [5.41, 5.74) is 0.432. The highest BCUT2D eigenvalue weighted by molar-refractivity contribution is 5.99. The molecule has 0 spiro atoms. The Kier molecular flexibility index (Phi) is 6.31. The predicted molar refractivity (Wildman–Crippen MR) is 105 cm³/mol. The van der Waals surface area contributed by atoms with E-state index in [9.17, 15) is 9.59 Å². The second-order valence-electron chi connectivity index (χ2n) is 7.58. The number of rotatable bonds is 5. The molecule has 2 saturated heterocycles. The van der Waals surface area contributed by atoms with E-state index in [4.69, 9.17) is 14.2 Å². The summed E-state index contributed by atoms with van der Waals surface area (Å²) < 4.78 is 16.1. The smallest absolute Gasteiger partial charge is 0.254 e. The van der Waals surface area contributed by atoms with E-state index in [1.807, 2.05) is 4.90 Å². The molecule has 7 nitrogen and oxygen atoms in total. The molecular weight excluding hydrogens is 360 g/mol. The van der Waals surface area contributed by atoms with Crippen LogP contribution in [0.5, 0.6) is 17.2 Å². The van der Waals surface area contributed by atoms with E-state index < -0.39 is 0 Å². The van der Waals surface area contributed by atoms with Crippen molar-refractivity contribution >= 4 is 11.8 Å². The normalized spacial score (nSPS) is 20.2. The minimum Gasteiger partial charge on any atom is -0.493 e. The van der Waals surface area contributed by atoms with E-state index in [0.717, 1.165) is 32.4 Å². The van der Waals surface area contributed by atoms with Gasteiger partial charge in [-0.2, -0.15) is 0 Å². The van der Waals surface area contributed by atoms with Gasteiger partial charge in [-0.25, -0.2) is 0 Å². The van der Waals surface area contributed by atoms with Gasteiger partial charge in [-0.1, -0.05) is 6.92 Å². The maximum absolute atomic E-state index is 13.2. The van der Waals surface area contributed by atoms with Gasteiger partial charge in [-0.3, -0.25) is 9.59 Å². The summed E-state index contributed by atoms with van der Waals surface area (Å²) in [4.78, 5) is 29.9. The number of hydrogen-bond donors (Lipinski definition) is 0. The first-order valence-corrected chi connectivity index (χ1v) is 9.89. The Morgan fingerprint density at radius 1 is 0.929 bits per heavy atom. The minimum absolute atomic E-state index is 0.0743. The molecule has 2 fully saturated rings. The van der Waals surface area contributed by atoms with Crippen LogP contribution in [0.15, 0.2) is 12.1 Å². The van der Waals surface area contributed by atoms with Crippen molar-refractivity contribution in [3.63, 3.8) is 0 Å². The number of carbonyl (C=O) groups is 2. The molecule has 1 aromatic rings. The van der Waals surface area contributed by atoms with Gasteiger partial charge >= 0.3 is 0 Å². The summed E-state index contributed by atoms with van der Waals surface area (Å²) in [5.74, 6) is 1.85. The Hall–Kier alpha value is -2.44. The van der Waals surface area contributed by atoms with E-state index >= 15 is 0 Å². The molecule has 3 rings (SSSR count). The van der Waals surface area contributed by atoms with Crippen molar-refractivity contribution < 1.29 is 23.8 Å². The van der Waals surface area contributed by atoms with E-state index in [2.05, 4.69) is 6.92 Å². The molecule has 1 atom stereocenters. The topological polar surface area (TPSA) is 68.3 Å². The lowest BCUT2D eigenvalue weighted by Crippen LogP contribution is -2.49. The van der Waals surface area contributed by atoms with Crippen molar-refractivity contribution in [2.45, 2.75) is 38.6 Å². The number of ether oxygens (including phenoxy) is 3. The summed E-state index contributed by atoms with van der Waals surface area (Å²) >= 11 is 0. The molecule has 154 valence electrons. The van der Waals surface area contributed by atoms with Gasteiger partial charge in [0.25, 0.3) is 5.91 Å². The number of benzene rings is 1. The van der Waals surface area contributed by atoms with Crippen LogP contribution in [0.25, 0.3) is 0 Å². The van der Waals surface area contributed by atoms with Gasteiger partial charge in [-0.15, -0.1) is 0 Å². The van der Waals surface area contributed by atoms with Crippen LogP contribution in [0.3, 0.4) is 0 Å². The average Bonchev–Trinajstić information content (AvgIpc) is 3.21. The molecule has 2 amide bonds. The number of methoxy groups -OCH3 is 3. The second kappa shape index (κ2) is 8.71. The van der Waals surface area contributed by atoms with Crippen LogP contribution < -0.4 is 14.2 Å². The van der Waals surface area contributed by atoms with Crippen LogP contribution in [-0.4, -0.2) is 68.6 Å². The van der Waals surface area contributed by atoms with Crippen LogP contribution in [0.1, 0.15) is 43.0 Å². The fourth-order valence-corrected chi connectivity index (χ4v) is 4.08. The zero-order chi connectivity index (χ0) is 20.3. The first-order valence-electron chi connectivity index (χ1n) is 9.89. The quantitative estimate of drug-likeness (QED) is 0.773. The average molecular weight is 390 g/mol. The first-order chi connectivity index (χ1) is 13.5. The van der Waals surface area contributed by atoms with Crippen LogP contribution in [0, 0.1) is 5.92 Å². The van der Waals surface area contributed by atoms with Gasteiger partial charge in [0.2, 0.25) is 11.7 Å². The zero-order valence-electron chi connectivity index (χ0n) is 17.2. The van der Waals surface area contributed by atoms with Gasteiger partial charge in [0, 0.05) is 25.2 Å². The van der Waals surface area contributed by atoms with Gasteiger partial charge in [0.1, 0.15) is 6.04 Å². The summed E-state index contributed by atoms with van der Waals surface area (Å²) in [6.45, 7) is 4.36. The van der Waals surface area contributed by atoms with Crippen molar-refractivity contribution in [2.75, 3.05) is 41.0 Å². The molecule has 0 radical (unpaired) electrons. The third-order valence-electron chi connectivity index (χ3n) is 5.81. The number of carbonyl (C=O) groups excluding carboxylic acids is 2. The molecule has 0 unspecified atom stereocenters. The molecular formula is C21H30N2O5. The SMILES string of the molecule is COc1cc(C(=O)N2CCC[C@H]2C(=O)N2CCC(C)CC2)cc(OC)c1OC. The third-order valence-corrected chi connectivity index (χ3v) is 5.81. The van der Waals surface area contributed by atoms with Crippen LogP contribution in [0.2, 0.25) is 0 Å². The number of piperidine rings is 1. The van der Waals surface area contributed by atoms with Crippen molar-refractivity contribution in [1.82, 2.24) is 9.80 Å². The number of nitrogens with zero attached hydrogens (tertiary/aromatic N) is 2. The fraction of sp³-hybridized carbons (Fsp3) is 0.619. The lowest BCUT2D eigenvalue weighted by atomic mass is 9.98. The monoisotopic (exact) mass is 390 g/mol. The first kappa shape index (κ1) is 20.3. The van der Waals surface area contributed by atoms with Crippen LogP contribution in [-0.2, 0) is 4.79 Å². The summed E-state index contributed by atoms with van der Waals surface area (Å²) in [6.07, 6.45) is 3.59. The maximum atomic E-state index is 13.2. The zero-order valence-corrected chi connectivity index (χ0v) is 17.2. The van der Waals surface area contributed by atoms with Crippen LogP contribution in [0.4, 0.5) is 0 Å². The largest absolute Gasteiger partial charge is 0.493 e. The lowest BCUT2D eigenvalue weighted by molar-refractivity contribution is -0.136. The number of amides is 2. The lowest BCUT2D eigenvalue weighted by Gasteiger charge is -2.34. The predicted octanol–water partition coefficient (Wildman–Crippen LogP) is 2.58. The van der Waals surface area contributed by atoms with Crippen molar-refractivity contribution in [3.05, 3.63) is 17.7 Å². The Balaban J connectivity index is 1.82. The van der Waals surface area contributed by atoms with E-state index in [-0.39, 0.29) is 17.9 Å². The molecule has 0 N–H and O–H groups in total. The molecule has 2 heterocycles. The van der Waals surface area contributed by atoms with E-state index in [1.165, 1.54) is 21.3 Å². The van der Waals surface area contributed by atoms with E-state index in [0.29, 0.717) is 41.7 Å². The molecule has 0 bridgehead atoms. The molecule has 28 heavy (non-hydrogen) atoms. The Bertz CT molecular complexity index is 703. The molecule has 0 saturated carbocycles. The Labute approximate surface area is 166 Å². The highest BCUT2D eigenvalue weighted by atomic mass is 16.5. The maximum Gasteiger partial charge on any atom is 0.254 e. The van der Waals surface area contributed by atoms with Crippen molar-refractivity contribution in [1.29, 1.82) is 0 Å². The van der Waals surface area contributed by atoms with Crippen LogP contribution >= 0.6 is 0 Å². The highest BCUT2D eigenvalue weighted by Gasteiger charge is 2.38. The molecule has 0 aliphatic carbocycles. The Morgan fingerprint density at radius 3 is 2.07 bits per heavy atom. The highest BCUT2D eigenvalue weighted by Crippen LogP contribution is 2.39. The minimum atomic E-state index is -0.389. The molecule has 2 aliphatic rings. The Morgan fingerprint density at radius 2 is 1.54 bits per heavy atom. The summed E-state index contributed by atoms with van der Waals surface area (Å²) in [6, 6.07) is 2.90. The summed E-state index contributed by atoms with van der Waals surface area (Å²) in [5, 5.41) is 0. The van der Waals surface area contributed by atoms with Crippen molar-refractivity contribution in [2.24, 2.45) is 5.92 Å². The number of hydrogen-bond acceptors (Lipinski definition) is 5. The molecule has 0 aromatic heterocycles. The number of likely N-dealkylation sites (tertiary alicyclic amines) is 2. The van der Waals surface area contributed by atoms with Gasteiger partial charge in [0.15, 0.2) is 11.5 Å². The van der Waals surface area contributed by atoms with Gasteiger partial charge in [0.05, 0.1) is 21.3 Å². The molecule has 1 aromatic carbocycles. The van der Waals surface area contributed by atoms with Gasteiger partial charge in [-0.05, 0) is 43.7 Å². The third kappa shape index (κ3) is 3.88. The molecule has 7 heteroatoms. The van der Waals surface area contributed by atoms with E-state index in [1.54, 1.807) is 17.0 Å². The second-order valence-corrected chi connectivity index (χ2v) is 7.58. The van der Waals surface area contributed by atoms with Gasteiger partial charge < -0.3 is 24.0 Å².